The number of ether oxygens (including phenoxy) is 3. The van der Waals surface area contributed by atoms with Gasteiger partial charge >= 0.3 is 12.1 Å². The minimum Gasteiger partial charge on any atom is -0.493 e. The molecule has 0 saturated carbocycles. The maximum Gasteiger partial charge on any atom is 0.413 e. The maximum absolute atomic E-state index is 11.2. The van der Waals surface area contributed by atoms with E-state index in [9.17, 15) is 9.59 Å². The summed E-state index contributed by atoms with van der Waals surface area (Å²) in [6, 6.07) is 21.2. The van der Waals surface area contributed by atoms with Crippen LogP contribution >= 0.6 is 11.8 Å². The number of fused-ring (bicyclic) bond motifs is 1. The van der Waals surface area contributed by atoms with Crippen LogP contribution in [-0.4, -0.2) is 48.5 Å². The van der Waals surface area contributed by atoms with Crippen LogP contribution in [0.15, 0.2) is 82.6 Å². The van der Waals surface area contributed by atoms with Gasteiger partial charge in [-0.2, -0.15) is 0 Å². The molecule has 0 bridgehead atoms. The van der Waals surface area contributed by atoms with E-state index in [1.165, 1.54) is 25.2 Å². The minimum absolute atomic E-state index is 0.374. The van der Waals surface area contributed by atoms with Gasteiger partial charge < -0.3 is 24.3 Å². The van der Waals surface area contributed by atoms with Gasteiger partial charge in [-0.15, -0.1) is 0 Å². The topological polar surface area (TPSA) is 123 Å². The summed E-state index contributed by atoms with van der Waals surface area (Å²) in [5.74, 6) is 0.582. The number of benzene rings is 3. The Morgan fingerprint density at radius 2 is 1.69 bits per heavy atom. The van der Waals surface area contributed by atoms with E-state index in [-0.39, 0.29) is 0 Å². The number of rotatable bonds is 7. The van der Waals surface area contributed by atoms with Gasteiger partial charge in [0.1, 0.15) is 0 Å². The number of imidazole rings is 1. The van der Waals surface area contributed by atoms with Crippen LogP contribution in [0.2, 0.25) is 0 Å². The molecule has 0 aliphatic heterocycles. The zero-order valence-corrected chi connectivity index (χ0v) is 20.7. The van der Waals surface area contributed by atoms with Gasteiger partial charge in [-0.25, -0.2) is 14.6 Å². The Hall–Kier alpha value is -4.44. The fourth-order valence-electron chi connectivity index (χ4n) is 3.01. The van der Waals surface area contributed by atoms with Crippen LogP contribution < -0.4 is 14.8 Å². The lowest BCUT2D eigenvalue weighted by Crippen LogP contribution is -2.11. The Kier molecular flexibility index (Phi) is 9.35. The van der Waals surface area contributed by atoms with Crippen LogP contribution in [0.25, 0.3) is 17.1 Å². The Bertz CT molecular complexity index is 1350. The Morgan fingerprint density at radius 3 is 2.36 bits per heavy atom. The first-order valence-electron chi connectivity index (χ1n) is 10.6. The normalized spacial score (nSPS) is 10.4. The summed E-state index contributed by atoms with van der Waals surface area (Å²) in [6.07, 6.45) is 2.01. The molecule has 0 aliphatic carbocycles. The third kappa shape index (κ3) is 7.54. The lowest BCUT2D eigenvalue weighted by Gasteiger charge is -2.07. The molecule has 3 aromatic carbocycles. The Morgan fingerprint density at radius 1 is 0.944 bits per heavy atom. The number of hydrogen-bond donors (Lipinski definition) is 3. The number of carboxylic acid groups (broad SMARTS) is 1. The molecule has 186 valence electrons. The number of hydrogen-bond acceptors (Lipinski definition) is 7. The van der Waals surface area contributed by atoms with Crippen molar-refractivity contribution in [3.63, 3.8) is 0 Å². The number of carbonyl (C=O) groups is 2. The van der Waals surface area contributed by atoms with Gasteiger partial charge in [0.2, 0.25) is 5.95 Å². The average Bonchev–Trinajstić information content (AvgIpc) is 3.29. The van der Waals surface area contributed by atoms with Gasteiger partial charge in [-0.05, 0) is 54.1 Å². The van der Waals surface area contributed by atoms with Crippen molar-refractivity contribution in [2.45, 2.75) is 9.79 Å². The molecule has 9 nitrogen and oxygen atoms in total. The number of nitrogens with one attached hydrogen (secondary N) is 2. The molecule has 0 spiro atoms. The number of nitrogens with zero attached hydrogens (tertiary/aromatic N) is 1. The van der Waals surface area contributed by atoms with Gasteiger partial charge in [-0.1, -0.05) is 36.0 Å². The molecule has 0 saturated heterocycles. The predicted octanol–water partition coefficient (Wildman–Crippen LogP) is 5.69. The second kappa shape index (κ2) is 12.9. The lowest BCUT2D eigenvalue weighted by atomic mass is 10.2. The number of aromatic amines is 1. The minimum atomic E-state index is -0.982. The van der Waals surface area contributed by atoms with Crippen LogP contribution in [0.1, 0.15) is 5.56 Å². The van der Waals surface area contributed by atoms with Crippen LogP contribution in [0.3, 0.4) is 0 Å². The molecular formula is C26H25N3O6S. The van der Waals surface area contributed by atoms with Crippen molar-refractivity contribution in [3.8, 4) is 11.5 Å². The summed E-state index contributed by atoms with van der Waals surface area (Å²) in [7, 11) is 4.39. The number of amides is 1. The molecular weight excluding hydrogens is 482 g/mol. The smallest absolute Gasteiger partial charge is 0.413 e. The molecule has 0 aliphatic rings. The summed E-state index contributed by atoms with van der Waals surface area (Å²) in [6.45, 7) is 0. The van der Waals surface area contributed by atoms with Gasteiger partial charge in [0.15, 0.2) is 11.5 Å². The highest BCUT2D eigenvalue weighted by atomic mass is 32.2. The van der Waals surface area contributed by atoms with Gasteiger partial charge in [-0.3, -0.25) is 5.32 Å². The van der Waals surface area contributed by atoms with Crippen LogP contribution in [-0.2, 0) is 9.53 Å². The quantitative estimate of drug-likeness (QED) is 0.273. The van der Waals surface area contributed by atoms with Crippen molar-refractivity contribution in [1.29, 1.82) is 0 Å². The van der Waals surface area contributed by atoms with E-state index in [0.29, 0.717) is 17.4 Å². The SMILES string of the molecule is COC(=O)Nc1nc2ccc(Sc3ccccc3)cc2[nH]1.COc1ccc(C=CC(=O)O)cc1OC. The summed E-state index contributed by atoms with van der Waals surface area (Å²) in [4.78, 5) is 31.1. The molecule has 1 heterocycles. The van der Waals surface area contributed by atoms with E-state index in [1.54, 1.807) is 37.1 Å². The third-order valence-corrected chi connectivity index (χ3v) is 5.66. The number of aromatic nitrogens is 2. The van der Waals surface area contributed by atoms with Crippen molar-refractivity contribution in [1.82, 2.24) is 9.97 Å². The van der Waals surface area contributed by atoms with Gasteiger partial charge in [0.05, 0.1) is 32.4 Å². The molecule has 4 aromatic rings. The highest BCUT2D eigenvalue weighted by Crippen LogP contribution is 2.30. The molecule has 36 heavy (non-hydrogen) atoms. The van der Waals surface area contributed by atoms with E-state index in [2.05, 4.69) is 32.2 Å². The first kappa shape index (κ1) is 26.2. The highest BCUT2D eigenvalue weighted by Gasteiger charge is 2.08. The number of carbonyl (C=O) groups excluding carboxylic acids is 1. The fraction of sp³-hybridized carbons (Fsp3) is 0.115. The number of carboxylic acids is 1. The standard InChI is InChI=1S/C15H13N3O2S.C11H12O4/c1-20-15(19)18-14-16-12-8-7-11(9-13(12)17-14)21-10-5-3-2-4-6-10;1-14-9-5-3-8(4-6-11(12)13)7-10(9)15-2/h2-9H,1H3,(H2,16,17,18,19);3-7H,1-2H3,(H,12,13). The zero-order chi connectivity index (χ0) is 25.9. The first-order chi connectivity index (χ1) is 17.4. The highest BCUT2D eigenvalue weighted by molar-refractivity contribution is 7.99. The first-order valence-corrected chi connectivity index (χ1v) is 11.4. The van der Waals surface area contributed by atoms with E-state index in [4.69, 9.17) is 14.6 Å². The van der Waals surface area contributed by atoms with E-state index < -0.39 is 12.1 Å². The summed E-state index contributed by atoms with van der Waals surface area (Å²) in [5, 5.41) is 11.0. The molecule has 0 atom stereocenters. The molecule has 1 amide bonds. The summed E-state index contributed by atoms with van der Waals surface area (Å²) < 4.78 is 14.7. The predicted molar refractivity (Wildman–Crippen MR) is 139 cm³/mol. The van der Waals surface area contributed by atoms with Gasteiger partial charge in [0.25, 0.3) is 0 Å². The van der Waals surface area contributed by atoms with Gasteiger partial charge in [0, 0.05) is 15.9 Å². The Labute approximate surface area is 212 Å². The summed E-state index contributed by atoms with van der Waals surface area (Å²) >= 11 is 1.67. The largest absolute Gasteiger partial charge is 0.493 e. The monoisotopic (exact) mass is 507 g/mol. The second-order valence-corrected chi connectivity index (χ2v) is 8.23. The maximum atomic E-state index is 11.2. The Balaban J connectivity index is 0.000000214. The molecule has 0 fully saturated rings. The lowest BCUT2D eigenvalue weighted by molar-refractivity contribution is -0.131. The van der Waals surface area contributed by atoms with E-state index in [0.717, 1.165) is 27.6 Å². The molecule has 3 N–H and O–H groups in total. The van der Waals surface area contributed by atoms with E-state index in [1.807, 2.05) is 36.4 Å². The molecule has 4 rings (SSSR count). The van der Waals surface area contributed by atoms with Crippen molar-refractivity contribution in [2.75, 3.05) is 26.6 Å². The molecule has 0 radical (unpaired) electrons. The van der Waals surface area contributed by atoms with Crippen molar-refractivity contribution < 1.29 is 28.9 Å². The average molecular weight is 508 g/mol. The van der Waals surface area contributed by atoms with Crippen molar-refractivity contribution in [3.05, 3.63) is 78.4 Å². The second-order valence-electron chi connectivity index (χ2n) is 7.08. The molecule has 10 heteroatoms. The van der Waals surface area contributed by atoms with E-state index >= 15 is 0 Å². The van der Waals surface area contributed by atoms with Crippen molar-refractivity contribution >= 4 is 46.9 Å². The number of aliphatic carboxylic acids is 1. The van der Waals surface area contributed by atoms with Crippen LogP contribution in [0, 0.1) is 0 Å². The number of methoxy groups -OCH3 is 3. The van der Waals surface area contributed by atoms with Crippen LogP contribution in [0.5, 0.6) is 11.5 Å². The molecule has 1 aromatic heterocycles. The fourth-order valence-corrected chi connectivity index (χ4v) is 3.89. The zero-order valence-electron chi connectivity index (χ0n) is 19.8. The van der Waals surface area contributed by atoms with Crippen molar-refractivity contribution in [2.24, 2.45) is 0 Å². The number of anilines is 1. The third-order valence-electron chi connectivity index (χ3n) is 4.66. The van der Waals surface area contributed by atoms with Crippen LogP contribution in [0.4, 0.5) is 10.7 Å². The summed E-state index contributed by atoms with van der Waals surface area (Å²) in [5.41, 5.74) is 2.40. The number of H-pyrrole nitrogens is 1. The molecule has 0 unspecified atom stereocenters.